The molecule has 4 heteroatoms. The molecule has 1 saturated heterocycles. The average molecular weight is 232 g/mol. The first kappa shape index (κ1) is 8.13. The van der Waals surface area contributed by atoms with Crippen LogP contribution in [0.2, 0.25) is 0 Å². The minimum absolute atomic E-state index is 0.267. The Kier molecular flexibility index (Phi) is 2.37. The zero-order chi connectivity index (χ0) is 8.39. The molecule has 0 amide bonds. The fourth-order valence-electron chi connectivity index (χ4n) is 1.25. The van der Waals surface area contributed by atoms with Gasteiger partial charge in [-0.2, -0.15) is 0 Å². The van der Waals surface area contributed by atoms with Crippen LogP contribution in [-0.4, -0.2) is 19.2 Å². The molecule has 3 nitrogen and oxygen atoms in total. The van der Waals surface area contributed by atoms with E-state index in [9.17, 15) is 0 Å². The Morgan fingerprint density at radius 3 is 3.17 bits per heavy atom. The van der Waals surface area contributed by atoms with Crippen LogP contribution in [0.15, 0.2) is 21.2 Å². The summed E-state index contributed by atoms with van der Waals surface area (Å²) in [6, 6.07) is 1.83. The van der Waals surface area contributed by atoms with Crippen LogP contribution in [0.25, 0.3) is 0 Å². The van der Waals surface area contributed by atoms with E-state index in [-0.39, 0.29) is 6.10 Å². The van der Waals surface area contributed by atoms with Crippen molar-refractivity contribution in [1.29, 1.82) is 0 Å². The molecule has 12 heavy (non-hydrogen) atoms. The van der Waals surface area contributed by atoms with Crippen molar-refractivity contribution < 1.29 is 9.15 Å². The third-order valence-corrected chi connectivity index (χ3v) is 2.26. The van der Waals surface area contributed by atoms with E-state index in [1.807, 2.05) is 6.07 Å². The maximum Gasteiger partial charge on any atom is 0.285 e. The Hall–Kier alpha value is -0.480. The van der Waals surface area contributed by atoms with Crippen molar-refractivity contribution in [3.63, 3.8) is 0 Å². The summed E-state index contributed by atoms with van der Waals surface area (Å²) in [4.78, 5) is 0. The molecule has 2 rings (SSSR count). The van der Waals surface area contributed by atoms with Crippen LogP contribution in [0.1, 0.15) is 6.42 Å². The second-order valence-corrected chi connectivity index (χ2v) is 3.73. The molecule has 66 valence electrons. The van der Waals surface area contributed by atoms with E-state index < -0.39 is 0 Å². The third kappa shape index (κ3) is 1.81. The molecule has 1 N–H and O–H groups in total. The number of rotatable bonds is 2. The monoisotopic (exact) mass is 231 g/mol. The van der Waals surface area contributed by atoms with Gasteiger partial charge in [-0.1, -0.05) is 0 Å². The van der Waals surface area contributed by atoms with Crippen LogP contribution in [0, 0.1) is 0 Å². The maximum absolute atomic E-state index is 5.54. The Bertz CT molecular complexity index is 255. The number of furan rings is 1. The number of halogens is 1. The van der Waals surface area contributed by atoms with Gasteiger partial charge in [0.1, 0.15) is 12.4 Å². The highest BCUT2D eigenvalue weighted by molar-refractivity contribution is 9.10. The summed E-state index contributed by atoms with van der Waals surface area (Å²) in [5, 5.41) is 3.22. The lowest BCUT2D eigenvalue weighted by Gasteiger charge is -2.07. The molecule has 0 aliphatic carbocycles. The van der Waals surface area contributed by atoms with E-state index in [1.165, 1.54) is 0 Å². The highest BCUT2D eigenvalue weighted by Gasteiger charge is 2.17. The van der Waals surface area contributed by atoms with Gasteiger partial charge in [-0.05, 0) is 28.9 Å². The minimum atomic E-state index is 0.267. The van der Waals surface area contributed by atoms with Gasteiger partial charge in [0.05, 0.1) is 4.47 Å². The SMILES string of the molecule is Brc1coc(OC2CCNC2)c1. The maximum atomic E-state index is 5.54. The quantitative estimate of drug-likeness (QED) is 0.843. The summed E-state index contributed by atoms with van der Waals surface area (Å²) in [5.74, 6) is 0.593. The molecule has 2 heterocycles. The lowest BCUT2D eigenvalue weighted by molar-refractivity contribution is 0.172. The van der Waals surface area contributed by atoms with Crippen LogP contribution in [0.4, 0.5) is 0 Å². The van der Waals surface area contributed by atoms with Gasteiger partial charge < -0.3 is 14.5 Å². The molecular weight excluding hydrogens is 222 g/mol. The van der Waals surface area contributed by atoms with Crippen molar-refractivity contribution in [2.24, 2.45) is 0 Å². The average Bonchev–Trinajstić information content (AvgIpc) is 2.63. The molecule has 0 bridgehead atoms. The van der Waals surface area contributed by atoms with E-state index in [0.29, 0.717) is 5.95 Å². The molecule has 1 aliphatic heterocycles. The van der Waals surface area contributed by atoms with E-state index >= 15 is 0 Å². The lowest BCUT2D eigenvalue weighted by atomic mass is 10.3. The largest absolute Gasteiger partial charge is 0.460 e. The molecule has 1 unspecified atom stereocenters. The predicted octanol–water partition coefficient (Wildman–Crippen LogP) is 1.78. The molecule has 1 aromatic heterocycles. The summed E-state index contributed by atoms with van der Waals surface area (Å²) in [7, 11) is 0. The molecule has 0 radical (unpaired) electrons. The molecule has 1 aromatic rings. The van der Waals surface area contributed by atoms with Crippen molar-refractivity contribution in [3.05, 3.63) is 16.8 Å². The van der Waals surface area contributed by atoms with Crippen molar-refractivity contribution in [3.8, 4) is 5.95 Å². The van der Waals surface area contributed by atoms with Crippen molar-refractivity contribution in [2.45, 2.75) is 12.5 Å². The molecule has 1 atom stereocenters. The molecule has 0 spiro atoms. The van der Waals surface area contributed by atoms with E-state index in [0.717, 1.165) is 24.0 Å². The fraction of sp³-hybridized carbons (Fsp3) is 0.500. The summed E-state index contributed by atoms with van der Waals surface area (Å²) in [6.45, 7) is 1.95. The summed E-state index contributed by atoms with van der Waals surface area (Å²) >= 11 is 3.29. The second kappa shape index (κ2) is 3.49. The van der Waals surface area contributed by atoms with Gasteiger partial charge in [-0.15, -0.1) is 0 Å². The second-order valence-electron chi connectivity index (χ2n) is 2.82. The van der Waals surface area contributed by atoms with Gasteiger partial charge in [-0.3, -0.25) is 0 Å². The molecular formula is C8H10BrNO2. The fourth-order valence-corrected chi connectivity index (χ4v) is 1.53. The van der Waals surface area contributed by atoms with Crippen LogP contribution in [-0.2, 0) is 0 Å². The van der Waals surface area contributed by atoms with Crippen LogP contribution < -0.4 is 10.1 Å². The third-order valence-electron chi connectivity index (χ3n) is 1.84. The Labute approximate surface area is 79.2 Å². The first-order valence-corrected chi connectivity index (χ1v) is 4.75. The number of hydrogen-bond acceptors (Lipinski definition) is 3. The van der Waals surface area contributed by atoms with Gasteiger partial charge in [0, 0.05) is 12.6 Å². The normalized spacial score (nSPS) is 22.9. The number of nitrogens with one attached hydrogen (secondary N) is 1. The summed E-state index contributed by atoms with van der Waals surface area (Å²) in [5.41, 5.74) is 0. The van der Waals surface area contributed by atoms with Crippen molar-refractivity contribution in [1.82, 2.24) is 5.32 Å². The predicted molar refractivity (Wildman–Crippen MR) is 48.3 cm³/mol. The number of ether oxygens (including phenoxy) is 1. The van der Waals surface area contributed by atoms with Gasteiger partial charge >= 0.3 is 0 Å². The minimum Gasteiger partial charge on any atom is -0.460 e. The standard InChI is InChI=1S/C8H10BrNO2/c9-6-3-8(11-5-6)12-7-1-2-10-4-7/h3,5,7,10H,1-2,4H2. The highest BCUT2D eigenvalue weighted by atomic mass is 79.9. The Morgan fingerprint density at radius 1 is 1.67 bits per heavy atom. The van der Waals surface area contributed by atoms with E-state index in [2.05, 4.69) is 21.2 Å². The van der Waals surface area contributed by atoms with Crippen molar-refractivity contribution >= 4 is 15.9 Å². The van der Waals surface area contributed by atoms with Gasteiger partial charge in [0.2, 0.25) is 0 Å². The first-order chi connectivity index (χ1) is 5.84. The van der Waals surface area contributed by atoms with E-state index in [1.54, 1.807) is 6.26 Å². The summed E-state index contributed by atoms with van der Waals surface area (Å²) < 4.78 is 11.6. The zero-order valence-electron chi connectivity index (χ0n) is 6.55. The molecule has 1 aliphatic rings. The first-order valence-electron chi connectivity index (χ1n) is 3.96. The summed E-state index contributed by atoms with van der Waals surface area (Å²) in [6.07, 6.45) is 2.94. The van der Waals surface area contributed by atoms with Crippen LogP contribution in [0.5, 0.6) is 5.95 Å². The lowest BCUT2D eigenvalue weighted by Crippen LogP contribution is -2.19. The molecule has 0 saturated carbocycles. The Morgan fingerprint density at radius 2 is 2.58 bits per heavy atom. The smallest absolute Gasteiger partial charge is 0.285 e. The topological polar surface area (TPSA) is 34.4 Å². The molecule has 1 fully saturated rings. The van der Waals surface area contributed by atoms with E-state index in [4.69, 9.17) is 9.15 Å². The Balaban J connectivity index is 1.94. The zero-order valence-corrected chi connectivity index (χ0v) is 8.13. The highest BCUT2D eigenvalue weighted by Crippen LogP contribution is 2.22. The van der Waals surface area contributed by atoms with Crippen molar-refractivity contribution in [2.75, 3.05) is 13.1 Å². The van der Waals surface area contributed by atoms with Gasteiger partial charge in [-0.25, -0.2) is 0 Å². The molecule has 0 aromatic carbocycles. The van der Waals surface area contributed by atoms with Gasteiger partial charge in [0.15, 0.2) is 0 Å². The number of hydrogen-bond donors (Lipinski definition) is 1. The van der Waals surface area contributed by atoms with Crippen LogP contribution >= 0.6 is 15.9 Å². The van der Waals surface area contributed by atoms with Crippen LogP contribution in [0.3, 0.4) is 0 Å². The van der Waals surface area contributed by atoms with Gasteiger partial charge in [0.25, 0.3) is 5.95 Å².